The van der Waals surface area contributed by atoms with Gasteiger partial charge in [0, 0.05) is 18.9 Å². The van der Waals surface area contributed by atoms with Gasteiger partial charge < -0.3 is 0 Å². The fourth-order valence-corrected chi connectivity index (χ4v) is 0.940. The molecular weight excluding hydrogens is 160 g/mol. The van der Waals surface area contributed by atoms with E-state index in [9.17, 15) is 4.79 Å². The highest BCUT2D eigenvalue weighted by Gasteiger charge is 1.91. The average Bonchev–Trinajstić information content (AvgIpc) is 2.03. The Morgan fingerprint density at radius 3 is 3.09 bits per heavy atom. The minimum atomic E-state index is -0.186. The first-order valence-corrected chi connectivity index (χ1v) is 4.10. The van der Waals surface area contributed by atoms with E-state index < -0.39 is 0 Å². The summed E-state index contributed by atoms with van der Waals surface area (Å²) in [6.45, 7) is 0.705. The van der Waals surface area contributed by atoms with Crippen LogP contribution in [0.1, 0.15) is 6.42 Å². The van der Waals surface area contributed by atoms with Crippen LogP contribution in [0.3, 0.4) is 0 Å². The predicted molar refractivity (Wildman–Crippen MR) is 47.0 cm³/mol. The molecule has 1 aromatic heterocycles. The van der Waals surface area contributed by atoms with Crippen molar-refractivity contribution in [2.75, 3.05) is 5.75 Å². The third-order valence-corrected chi connectivity index (χ3v) is 1.66. The Morgan fingerprint density at radius 2 is 2.45 bits per heavy atom. The minimum Gasteiger partial charge on any atom is -0.299 e. The molecule has 4 heteroatoms. The van der Waals surface area contributed by atoms with Crippen LogP contribution in [0.4, 0.5) is 0 Å². The summed E-state index contributed by atoms with van der Waals surface area (Å²) in [6.07, 6.45) is 4.13. The number of rotatable bonds is 3. The molecule has 1 aromatic rings. The lowest BCUT2D eigenvalue weighted by atomic mass is 10.5. The van der Waals surface area contributed by atoms with Gasteiger partial charge in [-0.25, -0.2) is 9.78 Å². The molecule has 60 valence electrons. The molecule has 0 aliphatic heterocycles. The van der Waals surface area contributed by atoms with Gasteiger partial charge in [-0.05, 0) is 18.2 Å². The highest BCUT2D eigenvalue weighted by Crippen LogP contribution is 1.87. The Balaban J connectivity index is 2.70. The van der Waals surface area contributed by atoms with Crippen molar-refractivity contribution in [1.82, 2.24) is 9.55 Å². The summed E-state index contributed by atoms with van der Waals surface area (Å²) in [6, 6.07) is 1.75. The smallest absolute Gasteiger partial charge is 0.299 e. The van der Waals surface area contributed by atoms with Gasteiger partial charge in [0.05, 0.1) is 0 Å². The van der Waals surface area contributed by atoms with Crippen LogP contribution >= 0.6 is 12.6 Å². The molecule has 0 fully saturated rings. The average molecular weight is 170 g/mol. The highest BCUT2D eigenvalue weighted by atomic mass is 32.1. The summed E-state index contributed by atoms with van der Waals surface area (Å²) in [5, 5.41) is 0. The molecule has 0 saturated heterocycles. The maximum absolute atomic E-state index is 11.0. The van der Waals surface area contributed by atoms with E-state index in [4.69, 9.17) is 0 Å². The Hall–Kier alpha value is -0.770. The highest BCUT2D eigenvalue weighted by molar-refractivity contribution is 7.80. The number of aryl methyl sites for hydroxylation is 1. The maximum atomic E-state index is 11.0. The Morgan fingerprint density at radius 1 is 1.64 bits per heavy atom. The van der Waals surface area contributed by atoms with E-state index in [1.165, 1.54) is 6.20 Å². The molecule has 0 aliphatic carbocycles. The summed E-state index contributed by atoms with van der Waals surface area (Å²) in [5.41, 5.74) is -0.186. The maximum Gasteiger partial charge on any atom is 0.347 e. The van der Waals surface area contributed by atoms with E-state index in [0.717, 1.165) is 12.2 Å². The molecule has 1 heterocycles. The Kier molecular flexibility index (Phi) is 3.16. The van der Waals surface area contributed by atoms with Crippen molar-refractivity contribution in [3.05, 3.63) is 28.9 Å². The van der Waals surface area contributed by atoms with Gasteiger partial charge in [0.1, 0.15) is 0 Å². The van der Waals surface area contributed by atoms with Crippen molar-refractivity contribution in [2.45, 2.75) is 13.0 Å². The number of hydrogen-bond acceptors (Lipinski definition) is 3. The first-order valence-electron chi connectivity index (χ1n) is 3.47. The summed E-state index contributed by atoms with van der Waals surface area (Å²) in [4.78, 5) is 14.6. The number of nitrogens with zero attached hydrogens (tertiary/aromatic N) is 2. The number of aromatic nitrogens is 2. The van der Waals surface area contributed by atoms with Crippen molar-refractivity contribution < 1.29 is 0 Å². The van der Waals surface area contributed by atoms with Crippen molar-refractivity contribution >= 4 is 12.6 Å². The normalized spacial score (nSPS) is 9.91. The quantitative estimate of drug-likeness (QED) is 0.673. The van der Waals surface area contributed by atoms with Gasteiger partial charge in [0.2, 0.25) is 0 Å². The summed E-state index contributed by atoms with van der Waals surface area (Å²) >= 11 is 4.05. The van der Waals surface area contributed by atoms with E-state index in [1.807, 2.05) is 0 Å². The zero-order valence-corrected chi connectivity index (χ0v) is 7.00. The van der Waals surface area contributed by atoms with Crippen LogP contribution in [0, 0.1) is 0 Å². The molecule has 0 saturated carbocycles. The molecule has 0 spiro atoms. The summed E-state index contributed by atoms with van der Waals surface area (Å²) < 4.78 is 1.58. The first kappa shape index (κ1) is 8.33. The van der Waals surface area contributed by atoms with Crippen LogP contribution in [-0.4, -0.2) is 15.3 Å². The summed E-state index contributed by atoms with van der Waals surface area (Å²) in [7, 11) is 0. The molecule has 0 aliphatic rings. The third kappa shape index (κ3) is 2.38. The lowest BCUT2D eigenvalue weighted by Crippen LogP contribution is -2.21. The monoisotopic (exact) mass is 170 g/mol. The van der Waals surface area contributed by atoms with Crippen LogP contribution in [-0.2, 0) is 6.54 Å². The number of thiol groups is 1. The van der Waals surface area contributed by atoms with Gasteiger partial charge >= 0.3 is 5.69 Å². The van der Waals surface area contributed by atoms with E-state index in [0.29, 0.717) is 6.54 Å². The predicted octanol–water partition coefficient (Wildman–Crippen LogP) is 0.563. The minimum absolute atomic E-state index is 0.186. The molecular formula is C7H10N2OS. The van der Waals surface area contributed by atoms with E-state index >= 15 is 0 Å². The second kappa shape index (κ2) is 4.18. The lowest BCUT2D eigenvalue weighted by Gasteiger charge is -2.00. The molecule has 0 radical (unpaired) electrons. The van der Waals surface area contributed by atoms with E-state index in [2.05, 4.69) is 17.6 Å². The molecule has 11 heavy (non-hydrogen) atoms. The third-order valence-electron chi connectivity index (χ3n) is 1.34. The molecule has 1 rings (SSSR count). The molecule has 0 unspecified atom stereocenters. The van der Waals surface area contributed by atoms with E-state index in [1.54, 1.807) is 16.8 Å². The zero-order chi connectivity index (χ0) is 8.10. The van der Waals surface area contributed by atoms with Crippen LogP contribution < -0.4 is 5.69 Å². The fourth-order valence-electron chi connectivity index (χ4n) is 0.798. The zero-order valence-electron chi connectivity index (χ0n) is 6.10. The van der Waals surface area contributed by atoms with Gasteiger partial charge in [-0.1, -0.05) is 0 Å². The Bertz CT molecular complexity index is 271. The number of hydrogen-bond donors (Lipinski definition) is 1. The largest absolute Gasteiger partial charge is 0.347 e. The molecule has 0 N–H and O–H groups in total. The van der Waals surface area contributed by atoms with Gasteiger partial charge in [-0.2, -0.15) is 12.6 Å². The van der Waals surface area contributed by atoms with Crippen molar-refractivity contribution in [3.63, 3.8) is 0 Å². The van der Waals surface area contributed by atoms with Crippen LogP contribution in [0.5, 0.6) is 0 Å². The molecule has 0 aromatic carbocycles. The van der Waals surface area contributed by atoms with E-state index in [-0.39, 0.29) is 5.69 Å². The topological polar surface area (TPSA) is 34.9 Å². The second-order valence-corrected chi connectivity index (χ2v) is 2.62. The fraction of sp³-hybridized carbons (Fsp3) is 0.429. The van der Waals surface area contributed by atoms with Crippen LogP contribution in [0.15, 0.2) is 23.3 Å². The second-order valence-electron chi connectivity index (χ2n) is 2.17. The molecule has 0 atom stereocenters. The van der Waals surface area contributed by atoms with Gasteiger partial charge in [0.25, 0.3) is 0 Å². The van der Waals surface area contributed by atoms with Crippen molar-refractivity contribution in [1.29, 1.82) is 0 Å². The van der Waals surface area contributed by atoms with Crippen molar-refractivity contribution in [3.8, 4) is 0 Å². The van der Waals surface area contributed by atoms with Crippen LogP contribution in [0.25, 0.3) is 0 Å². The van der Waals surface area contributed by atoms with Gasteiger partial charge in [-0.3, -0.25) is 4.57 Å². The molecule has 0 amide bonds. The van der Waals surface area contributed by atoms with Crippen LogP contribution in [0.2, 0.25) is 0 Å². The van der Waals surface area contributed by atoms with Gasteiger partial charge in [-0.15, -0.1) is 0 Å². The first-order chi connectivity index (χ1) is 5.34. The lowest BCUT2D eigenvalue weighted by molar-refractivity contribution is 0.640. The summed E-state index contributed by atoms with van der Waals surface area (Å²) in [5.74, 6) is 0.793. The van der Waals surface area contributed by atoms with Gasteiger partial charge in [0.15, 0.2) is 0 Å². The SMILES string of the molecule is O=c1ncccn1CCCS. The van der Waals surface area contributed by atoms with Crippen molar-refractivity contribution in [2.24, 2.45) is 0 Å². The molecule has 3 nitrogen and oxygen atoms in total. The Labute approximate surface area is 70.5 Å². The molecule has 0 bridgehead atoms. The standard InChI is InChI=1S/C7H10N2OS/c10-7-8-3-1-4-9(7)5-2-6-11/h1,3-4,11H,2,5-6H2.